The normalized spacial score (nSPS) is 18.9. The number of rotatable bonds is 3. The van der Waals surface area contributed by atoms with Crippen LogP contribution in [-0.4, -0.2) is 44.5 Å². The summed E-state index contributed by atoms with van der Waals surface area (Å²) in [5, 5.41) is 10.4. The molecule has 5 rings (SSSR count). The number of nitrogens with zero attached hydrogens (tertiary/aromatic N) is 3. The lowest BCUT2D eigenvalue weighted by atomic mass is 9.86. The maximum atomic E-state index is 14.2. The number of piperidine rings is 1. The van der Waals surface area contributed by atoms with E-state index in [1.807, 2.05) is 0 Å². The van der Waals surface area contributed by atoms with Crippen LogP contribution in [0.25, 0.3) is 16.8 Å². The predicted molar refractivity (Wildman–Crippen MR) is 119 cm³/mol. The third kappa shape index (κ3) is 4.17. The predicted octanol–water partition coefficient (Wildman–Crippen LogP) is 5.40. The van der Waals surface area contributed by atoms with E-state index in [-0.39, 0.29) is 35.9 Å². The van der Waals surface area contributed by atoms with Gasteiger partial charge in [0.15, 0.2) is 11.3 Å². The van der Waals surface area contributed by atoms with Gasteiger partial charge >= 0.3 is 6.18 Å². The first-order valence-corrected chi connectivity index (χ1v) is 11.1. The largest absolute Gasteiger partial charge is 0.472 e. The third-order valence-electron chi connectivity index (χ3n) is 6.20. The van der Waals surface area contributed by atoms with Crippen molar-refractivity contribution >= 4 is 23.2 Å². The van der Waals surface area contributed by atoms with Crippen molar-refractivity contribution < 1.29 is 31.9 Å². The Morgan fingerprint density at radius 2 is 1.97 bits per heavy atom. The van der Waals surface area contributed by atoms with Crippen LogP contribution < -0.4 is 0 Å². The summed E-state index contributed by atoms with van der Waals surface area (Å²) in [6.07, 6.45) is -1.60. The summed E-state index contributed by atoms with van der Waals surface area (Å²) < 4.78 is 61.7. The van der Waals surface area contributed by atoms with Gasteiger partial charge in [-0.2, -0.15) is 13.2 Å². The highest BCUT2D eigenvalue weighted by molar-refractivity contribution is 6.33. The molecule has 0 aliphatic carbocycles. The molecule has 2 atom stereocenters. The highest BCUT2D eigenvalue weighted by atomic mass is 35.5. The van der Waals surface area contributed by atoms with E-state index in [1.54, 1.807) is 18.2 Å². The molecule has 1 fully saturated rings. The molecule has 1 saturated heterocycles. The number of hydrogen-bond acceptors (Lipinski definition) is 4. The molecule has 1 aromatic carbocycles. The number of alkyl halides is 3. The van der Waals surface area contributed by atoms with E-state index < -0.39 is 41.1 Å². The minimum atomic E-state index is -4.76. The molecular weight excluding hydrogens is 490 g/mol. The number of aliphatic hydroxyl groups is 1. The summed E-state index contributed by atoms with van der Waals surface area (Å²) in [7, 11) is 0. The highest BCUT2D eigenvalue weighted by Crippen LogP contribution is 2.38. The van der Waals surface area contributed by atoms with Gasteiger partial charge < -0.3 is 14.4 Å². The lowest BCUT2D eigenvalue weighted by Gasteiger charge is -2.36. The summed E-state index contributed by atoms with van der Waals surface area (Å²) in [6, 6.07) is 8.50. The van der Waals surface area contributed by atoms with E-state index in [0.717, 1.165) is 10.5 Å². The van der Waals surface area contributed by atoms with Crippen molar-refractivity contribution in [1.82, 2.24) is 14.3 Å². The fourth-order valence-corrected chi connectivity index (χ4v) is 4.70. The van der Waals surface area contributed by atoms with Gasteiger partial charge in [0.25, 0.3) is 5.91 Å². The van der Waals surface area contributed by atoms with Crippen LogP contribution in [0.15, 0.2) is 59.5 Å². The molecule has 11 heteroatoms. The zero-order valence-electron chi connectivity index (χ0n) is 18.0. The minimum Gasteiger partial charge on any atom is -0.472 e. The number of halogens is 5. The Bertz CT molecular complexity index is 1400. The monoisotopic (exact) mass is 507 g/mol. The van der Waals surface area contributed by atoms with Crippen LogP contribution in [0.4, 0.5) is 17.6 Å². The van der Waals surface area contributed by atoms with Crippen LogP contribution in [0.1, 0.15) is 34.0 Å². The van der Waals surface area contributed by atoms with Crippen LogP contribution in [0.5, 0.6) is 0 Å². The summed E-state index contributed by atoms with van der Waals surface area (Å²) in [4.78, 5) is 18.4. The molecule has 4 aromatic rings. The summed E-state index contributed by atoms with van der Waals surface area (Å²) in [5.41, 5.74) is -1.01. The molecule has 4 heterocycles. The number of fused-ring (bicyclic) bond motifs is 1. The van der Waals surface area contributed by atoms with E-state index in [1.165, 1.54) is 35.8 Å². The van der Waals surface area contributed by atoms with E-state index in [9.17, 15) is 27.5 Å². The number of pyridine rings is 1. The van der Waals surface area contributed by atoms with Gasteiger partial charge in [-0.1, -0.05) is 29.8 Å². The summed E-state index contributed by atoms with van der Waals surface area (Å²) >= 11 is 6.36. The number of likely N-dealkylation sites (tertiary alicyclic amines) is 1. The van der Waals surface area contributed by atoms with Gasteiger partial charge in [0.05, 0.1) is 24.2 Å². The summed E-state index contributed by atoms with van der Waals surface area (Å²) in [6.45, 7) is -0.0000743. The van der Waals surface area contributed by atoms with Crippen LogP contribution in [0.3, 0.4) is 0 Å². The summed E-state index contributed by atoms with van der Waals surface area (Å²) in [5.74, 6) is -1.69. The maximum absolute atomic E-state index is 14.2. The quantitative estimate of drug-likeness (QED) is 0.377. The molecule has 2 unspecified atom stereocenters. The molecule has 0 saturated carbocycles. The fourth-order valence-electron chi connectivity index (χ4n) is 4.45. The van der Waals surface area contributed by atoms with Gasteiger partial charge in [-0.3, -0.25) is 9.20 Å². The second-order valence-corrected chi connectivity index (χ2v) is 8.69. The fraction of sp³-hybridized carbons (Fsp3) is 0.250. The Balaban J connectivity index is 1.49. The first-order chi connectivity index (χ1) is 16.6. The number of imidazole rings is 1. The van der Waals surface area contributed by atoms with Crippen LogP contribution >= 0.6 is 11.6 Å². The van der Waals surface area contributed by atoms with E-state index in [2.05, 4.69) is 4.98 Å². The van der Waals surface area contributed by atoms with Crippen LogP contribution in [-0.2, 0) is 6.18 Å². The molecule has 182 valence electrons. The average molecular weight is 508 g/mol. The van der Waals surface area contributed by atoms with Crippen molar-refractivity contribution in [1.29, 1.82) is 0 Å². The number of benzene rings is 1. The van der Waals surface area contributed by atoms with Gasteiger partial charge in [0.2, 0.25) is 0 Å². The van der Waals surface area contributed by atoms with Gasteiger partial charge in [-0.15, -0.1) is 0 Å². The van der Waals surface area contributed by atoms with Gasteiger partial charge in [0, 0.05) is 36.3 Å². The number of β-amino-alcohol motifs (C(OH)–C–C–N with tert-alkyl or cyclic N) is 1. The Hall–Kier alpha value is -3.37. The molecule has 1 amide bonds. The Morgan fingerprint density at radius 1 is 1.20 bits per heavy atom. The second-order valence-electron chi connectivity index (χ2n) is 8.33. The number of hydrogen-bond donors (Lipinski definition) is 1. The Labute approximate surface area is 201 Å². The van der Waals surface area contributed by atoms with Gasteiger partial charge in [-0.25, -0.2) is 9.37 Å². The van der Waals surface area contributed by atoms with Crippen molar-refractivity contribution in [3.63, 3.8) is 0 Å². The number of aromatic nitrogens is 2. The second kappa shape index (κ2) is 8.69. The van der Waals surface area contributed by atoms with Crippen LogP contribution in [0.2, 0.25) is 5.15 Å². The van der Waals surface area contributed by atoms with Gasteiger partial charge in [-0.05, 0) is 30.2 Å². The molecule has 6 nitrogen and oxygen atoms in total. The van der Waals surface area contributed by atoms with Crippen LogP contribution in [0, 0.1) is 5.82 Å². The zero-order valence-corrected chi connectivity index (χ0v) is 18.7. The SMILES string of the molecule is O=C(c1nc2c(C(F)(F)F)cc(-c3ccoc3)cn2c1Cl)N1CCC(c2ccccc2F)C(O)C1. The number of furan rings is 1. The lowest BCUT2D eigenvalue weighted by molar-refractivity contribution is -0.136. The maximum Gasteiger partial charge on any atom is 0.420 e. The lowest BCUT2D eigenvalue weighted by Crippen LogP contribution is -2.46. The van der Waals surface area contributed by atoms with Crippen molar-refractivity contribution in [2.75, 3.05) is 13.1 Å². The standard InChI is InChI=1S/C24H18ClF4N3O3/c25-21-20(23(34)31-7-5-16(19(33)11-31)15-3-1-2-4-18(15)26)30-22-17(24(27,28)29)9-14(10-32(21)22)13-6-8-35-12-13/h1-4,6,8-10,12,16,19,33H,5,7,11H2. The topological polar surface area (TPSA) is 71.0 Å². The number of carbonyl (C=O) groups excluding carboxylic acids is 1. The smallest absolute Gasteiger partial charge is 0.420 e. The number of aliphatic hydroxyl groups excluding tert-OH is 1. The molecule has 1 N–H and O–H groups in total. The average Bonchev–Trinajstić information content (AvgIpc) is 3.47. The third-order valence-corrected chi connectivity index (χ3v) is 6.56. The molecule has 0 bridgehead atoms. The van der Waals surface area contributed by atoms with Crippen molar-refractivity contribution in [2.24, 2.45) is 0 Å². The molecule has 1 aliphatic heterocycles. The first-order valence-electron chi connectivity index (χ1n) is 10.7. The Morgan fingerprint density at radius 3 is 2.63 bits per heavy atom. The minimum absolute atomic E-state index is 0.144. The van der Waals surface area contributed by atoms with E-state index >= 15 is 0 Å². The highest BCUT2D eigenvalue weighted by Gasteiger charge is 2.38. The van der Waals surface area contributed by atoms with Gasteiger partial charge in [0.1, 0.15) is 11.0 Å². The first kappa shape index (κ1) is 23.4. The Kier molecular flexibility index (Phi) is 5.80. The molecule has 3 aromatic heterocycles. The molecule has 35 heavy (non-hydrogen) atoms. The van der Waals surface area contributed by atoms with E-state index in [0.29, 0.717) is 11.1 Å². The van der Waals surface area contributed by atoms with Crippen molar-refractivity contribution in [3.8, 4) is 11.1 Å². The van der Waals surface area contributed by atoms with Crippen molar-refractivity contribution in [2.45, 2.75) is 24.6 Å². The van der Waals surface area contributed by atoms with Crippen molar-refractivity contribution in [3.05, 3.63) is 82.9 Å². The molecule has 1 aliphatic rings. The van der Waals surface area contributed by atoms with E-state index in [4.69, 9.17) is 16.0 Å². The molecule has 0 spiro atoms. The number of carbonyl (C=O) groups is 1. The molecular formula is C24H18ClF4N3O3. The zero-order chi connectivity index (χ0) is 24.9. The number of amides is 1. The molecule has 0 radical (unpaired) electrons.